The maximum absolute atomic E-state index is 14.8. The number of imidazole rings is 1. The maximum Gasteiger partial charge on any atom is 0.269 e. The molecule has 4 rings (SSSR count). The molecule has 0 fully saturated rings. The van der Waals surface area contributed by atoms with Crippen molar-refractivity contribution < 1.29 is 9.18 Å². The summed E-state index contributed by atoms with van der Waals surface area (Å²) in [4.78, 5) is 21.0. The minimum Gasteiger partial charge on any atom is -0.364 e. The molecule has 31 heavy (non-hydrogen) atoms. The SMILES string of the molecule is C[C@H]1N=C(c2ccccc2F)c2cc(C#CS(C)(C)C)ccc2-n2cnc(C(N)=O)c21. The van der Waals surface area contributed by atoms with Crippen molar-refractivity contribution in [3.05, 3.63) is 82.7 Å². The second-order valence-corrected chi connectivity index (χ2v) is 12.0. The minimum absolute atomic E-state index is 0.164. The molecule has 1 amide bonds. The van der Waals surface area contributed by atoms with Gasteiger partial charge in [0.2, 0.25) is 0 Å². The first-order valence-corrected chi connectivity index (χ1v) is 12.6. The number of nitrogens with zero attached hydrogens (tertiary/aromatic N) is 3. The van der Waals surface area contributed by atoms with Crippen LogP contribution in [0.4, 0.5) is 4.39 Å². The molecular formula is C24H23FN4OS. The molecule has 0 bridgehead atoms. The average molecular weight is 435 g/mol. The lowest BCUT2D eigenvalue weighted by Crippen LogP contribution is -2.15. The molecule has 2 heterocycles. The highest BCUT2D eigenvalue weighted by molar-refractivity contribution is 8.35. The number of carbonyl (C=O) groups excluding carboxylic acids is 1. The highest BCUT2D eigenvalue weighted by Gasteiger charge is 2.28. The van der Waals surface area contributed by atoms with Crippen molar-refractivity contribution >= 4 is 21.6 Å². The van der Waals surface area contributed by atoms with E-state index in [1.807, 2.05) is 29.7 Å². The van der Waals surface area contributed by atoms with E-state index in [1.165, 1.54) is 6.07 Å². The predicted octanol–water partition coefficient (Wildman–Crippen LogP) is 4.03. The maximum atomic E-state index is 14.8. The Morgan fingerprint density at radius 2 is 1.90 bits per heavy atom. The first-order valence-electron chi connectivity index (χ1n) is 9.71. The largest absolute Gasteiger partial charge is 0.364 e. The monoisotopic (exact) mass is 434 g/mol. The first-order chi connectivity index (χ1) is 14.7. The lowest BCUT2D eigenvalue weighted by molar-refractivity contribution is 0.0994. The van der Waals surface area contributed by atoms with Gasteiger partial charge in [-0.2, -0.15) is 10.0 Å². The number of hydrogen-bond donors (Lipinski definition) is 1. The fourth-order valence-corrected chi connectivity index (χ4v) is 3.98. The van der Waals surface area contributed by atoms with Gasteiger partial charge in [0.05, 0.1) is 23.1 Å². The van der Waals surface area contributed by atoms with E-state index in [1.54, 1.807) is 24.5 Å². The summed E-state index contributed by atoms with van der Waals surface area (Å²) in [5.41, 5.74) is 9.48. The molecule has 0 spiro atoms. The average Bonchev–Trinajstić information content (AvgIpc) is 3.11. The third-order valence-corrected chi connectivity index (χ3v) is 5.61. The fraction of sp³-hybridized carbons (Fsp3) is 0.208. The predicted molar refractivity (Wildman–Crippen MR) is 125 cm³/mol. The number of aliphatic imine (C=N–C) groups is 1. The van der Waals surface area contributed by atoms with Gasteiger partial charge in [-0.25, -0.2) is 9.37 Å². The highest BCUT2D eigenvalue weighted by atomic mass is 32.3. The fourth-order valence-electron chi connectivity index (χ4n) is 3.56. The van der Waals surface area contributed by atoms with E-state index in [0.717, 1.165) is 16.8 Å². The van der Waals surface area contributed by atoms with Crippen LogP contribution in [0.2, 0.25) is 0 Å². The molecule has 7 heteroatoms. The molecule has 5 nitrogen and oxygen atoms in total. The summed E-state index contributed by atoms with van der Waals surface area (Å²) in [6.45, 7) is 1.84. The summed E-state index contributed by atoms with van der Waals surface area (Å²) in [7, 11) is -1.00. The molecule has 2 N–H and O–H groups in total. The van der Waals surface area contributed by atoms with Crippen LogP contribution in [0.25, 0.3) is 5.69 Å². The smallest absolute Gasteiger partial charge is 0.269 e. The molecule has 0 saturated heterocycles. The quantitative estimate of drug-likeness (QED) is 0.619. The second kappa shape index (κ2) is 7.71. The molecule has 1 atom stereocenters. The molecule has 2 aromatic carbocycles. The Morgan fingerprint density at radius 1 is 1.16 bits per heavy atom. The Kier molecular flexibility index (Phi) is 5.19. The number of primary amides is 1. The Labute approximate surface area is 182 Å². The first kappa shape index (κ1) is 20.9. The number of carbonyl (C=O) groups is 1. The van der Waals surface area contributed by atoms with Crippen LogP contribution in [0.1, 0.15) is 45.8 Å². The molecule has 1 aliphatic rings. The van der Waals surface area contributed by atoms with Crippen LogP contribution in [0.15, 0.2) is 53.8 Å². The third-order valence-electron chi connectivity index (χ3n) is 4.90. The van der Waals surface area contributed by atoms with Crippen LogP contribution in [-0.2, 0) is 0 Å². The number of hydrogen-bond acceptors (Lipinski definition) is 3. The van der Waals surface area contributed by atoms with Gasteiger partial charge in [-0.15, -0.1) is 0 Å². The lowest BCUT2D eigenvalue weighted by Gasteiger charge is -2.15. The van der Waals surface area contributed by atoms with Gasteiger partial charge >= 0.3 is 0 Å². The third kappa shape index (κ3) is 3.99. The van der Waals surface area contributed by atoms with Crippen molar-refractivity contribution in [3.63, 3.8) is 0 Å². The van der Waals surface area contributed by atoms with E-state index in [0.29, 0.717) is 17.0 Å². The van der Waals surface area contributed by atoms with Gasteiger partial charge in [0.25, 0.3) is 5.91 Å². The van der Waals surface area contributed by atoms with Gasteiger partial charge in [0.1, 0.15) is 12.1 Å². The zero-order valence-corrected chi connectivity index (χ0v) is 18.6. The van der Waals surface area contributed by atoms with Crippen LogP contribution in [0, 0.1) is 17.0 Å². The van der Waals surface area contributed by atoms with Crippen LogP contribution in [0.5, 0.6) is 0 Å². The standard InChI is InChI=1S/C24H23FN4OS/c1-15-23-22(24(26)30)27-14-29(23)20-10-9-16(11-12-31(2,3)4)13-18(20)21(28-15)17-7-5-6-8-19(17)25/h5-10,13-15H,1-4H3,(H2,26,30)/t15-/m1/s1. The number of amides is 1. The summed E-state index contributed by atoms with van der Waals surface area (Å²) < 4.78 is 16.6. The van der Waals surface area contributed by atoms with Gasteiger partial charge in [-0.3, -0.25) is 14.4 Å². The zero-order valence-electron chi connectivity index (χ0n) is 17.8. The molecule has 3 aromatic rings. The summed E-state index contributed by atoms with van der Waals surface area (Å²) in [6.07, 6.45) is 7.94. The van der Waals surface area contributed by atoms with Gasteiger partial charge in [0, 0.05) is 16.7 Å². The van der Waals surface area contributed by atoms with Crippen LogP contribution in [0.3, 0.4) is 0 Å². The Morgan fingerprint density at radius 3 is 2.58 bits per heavy atom. The summed E-state index contributed by atoms with van der Waals surface area (Å²) in [5, 5.41) is 3.31. The Hall–Kier alpha value is -3.37. The number of rotatable bonds is 2. The van der Waals surface area contributed by atoms with Crippen molar-refractivity contribution in [2.75, 3.05) is 18.8 Å². The molecular weight excluding hydrogens is 411 g/mol. The minimum atomic E-state index is -1.00. The van der Waals surface area contributed by atoms with Gasteiger partial charge in [-0.1, -0.05) is 18.1 Å². The molecule has 0 radical (unpaired) electrons. The van der Waals surface area contributed by atoms with Crippen molar-refractivity contribution in [3.8, 4) is 16.9 Å². The number of aromatic nitrogens is 2. The number of halogens is 1. The van der Waals surface area contributed by atoms with Crippen LogP contribution >= 0.6 is 10.0 Å². The Balaban J connectivity index is 2.02. The molecule has 1 aliphatic heterocycles. The van der Waals surface area contributed by atoms with Crippen LogP contribution in [-0.4, -0.2) is 39.9 Å². The summed E-state index contributed by atoms with van der Waals surface area (Å²) in [6, 6.07) is 11.8. The van der Waals surface area contributed by atoms with Crippen molar-refractivity contribution in [2.24, 2.45) is 10.7 Å². The molecule has 0 aliphatic carbocycles. The van der Waals surface area contributed by atoms with Crippen molar-refractivity contribution in [1.82, 2.24) is 9.55 Å². The van der Waals surface area contributed by atoms with Crippen molar-refractivity contribution in [2.45, 2.75) is 13.0 Å². The van der Waals surface area contributed by atoms with Gasteiger partial charge in [0.15, 0.2) is 5.69 Å². The molecule has 1 aromatic heterocycles. The van der Waals surface area contributed by atoms with Crippen molar-refractivity contribution in [1.29, 1.82) is 0 Å². The van der Waals surface area contributed by atoms with Gasteiger partial charge in [-0.05, 0) is 61.3 Å². The second-order valence-electron chi connectivity index (χ2n) is 8.14. The van der Waals surface area contributed by atoms with E-state index in [2.05, 4.69) is 34.9 Å². The van der Waals surface area contributed by atoms with E-state index in [-0.39, 0.29) is 11.5 Å². The topological polar surface area (TPSA) is 73.3 Å². The zero-order chi connectivity index (χ0) is 22.3. The summed E-state index contributed by atoms with van der Waals surface area (Å²) in [5.74, 6) is 2.25. The summed E-state index contributed by atoms with van der Waals surface area (Å²) >= 11 is 0. The number of nitrogens with two attached hydrogens (primary N) is 1. The highest BCUT2D eigenvalue weighted by Crippen LogP contribution is 2.34. The van der Waals surface area contributed by atoms with E-state index < -0.39 is 22.0 Å². The van der Waals surface area contributed by atoms with E-state index in [4.69, 9.17) is 10.7 Å². The van der Waals surface area contributed by atoms with Gasteiger partial charge < -0.3 is 5.73 Å². The Bertz CT molecular complexity index is 1290. The van der Waals surface area contributed by atoms with E-state index >= 15 is 0 Å². The molecule has 0 unspecified atom stereocenters. The number of fused-ring (bicyclic) bond motifs is 3. The lowest BCUT2D eigenvalue weighted by atomic mass is 9.98. The van der Waals surface area contributed by atoms with E-state index in [9.17, 15) is 9.18 Å². The molecule has 158 valence electrons. The number of benzene rings is 2. The van der Waals surface area contributed by atoms with Crippen LogP contribution < -0.4 is 5.73 Å². The normalized spacial score (nSPS) is 15.6. The molecule has 0 saturated carbocycles.